The molecule has 1 fully saturated rings. The van der Waals surface area contributed by atoms with Gasteiger partial charge in [-0.2, -0.15) is 13.2 Å². The molecular formula is C14H15F3N2O3. The predicted molar refractivity (Wildman–Crippen MR) is 72.0 cm³/mol. The smallest absolute Gasteiger partial charge is 0.391 e. The summed E-state index contributed by atoms with van der Waals surface area (Å²) in [5.41, 5.74) is -0.157. The van der Waals surface area contributed by atoms with Crippen LogP contribution in [0.15, 0.2) is 24.3 Å². The number of benzene rings is 1. The van der Waals surface area contributed by atoms with Gasteiger partial charge in [0.1, 0.15) is 0 Å². The number of hydrogen-bond donors (Lipinski definition) is 2. The highest BCUT2D eigenvalue weighted by Crippen LogP contribution is 2.26. The normalized spacial score (nSPS) is 18.4. The molecule has 2 N–H and O–H groups in total. The van der Waals surface area contributed by atoms with Gasteiger partial charge in [0.05, 0.1) is 12.5 Å². The number of carbonyl (C=O) groups is 2. The first-order valence-electron chi connectivity index (χ1n) is 6.69. The van der Waals surface area contributed by atoms with Crippen molar-refractivity contribution in [3.63, 3.8) is 0 Å². The summed E-state index contributed by atoms with van der Waals surface area (Å²) in [4.78, 5) is 24.9. The number of carbonyl (C=O) groups excluding carboxylic acids is 2. The number of hydrogen-bond acceptors (Lipinski definition) is 3. The molecule has 1 aromatic carbocycles. The Kier molecular flexibility index (Phi) is 4.70. The molecule has 0 aromatic heterocycles. The number of rotatable bonds is 2. The van der Waals surface area contributed by atoms with Crippen LogP contribution in [-0.2, 0) is 16.0 Å². The zero-order valence-electron chi connectivity index (χ0n) is 11.6. The molecule has 1 saturated heterocycles. The summed E-state index contributed by atoms with van der Waals surface area (Å²) >= 11 is 0. The highest BCUT2D eigenvalue weighted by molar-refractivity contribution is 6.39. The maximum Gasteiger partial charge on any atom is 0.393 e. The minimum absolute atomic E-state index is 0.0436. The monoisotopic (exact) mass is 316 g/mol. The maximum absolute atomic E-state index is 12.5. The Morgan fingerprint density at radius 2 is 2.00 bits per heavy atom. The van der Waals surface area contributed by atoms with Crippen molar-refractivity contribution >= 4 is 17.5 Å². The van der Waals surface area contributed by atoms with Gasteiger partial charge in [0.15, 0.2) is 0 Å². The lowest BCUT2D eigenvalue weighted by Crippen LogP contribution is -2.38. The number of alkyl halides is 3. The molecule has 8 heteroatoms. The van der Waals surface area contributed by atoms with E-state index in [9.17, 15) is 27.9 Å². The lowest BCUT2D eigenvalue weighted by Gasteiger charge is -2.16. The van der Waals surface area contributed by atoms with Crippen molar-refractivity contribution in [1.29, 1.82) is 0 Å². The van der Waals surface area contributed by atoms with E-state index >= 15 is 0 Å². The average Bonchev–Trinajstić information content (AvgIpc) is 2.85. The van der Waals surface area contributed by atoms with Crippen LogP contribution in [0.2, 0.25) is 0 Å². The number of para-hydroxylation sites is 1. The molecule has 0 spiro atoms. The number of β-amino-alcohol motifs (C(OH)–C–C–N with tert-alkyl or cyclic N) is 1. The number of aliphatic hydroxyl groups excluding tert-OH is 1. The molecule has 0 unspecified atom stereocenters. The molecule has 5 nitrogen and oxygen atoms in total. The first-order valence-corrected chi connectivity index (χ1v) is 6.69. The molecule has 1 heterocycles. The largest absolute Gasteiger partial charge is 0.393 e. The number of anilines is 1. The number of nitrogens with zero attached hydrogens (tertiary/aromatic N) is 1. The minimum Gasteiger partial charge on any atom is -0.391 e. The van der Waals surface area contributed by atoms with Crippen LogP contribution in [0.3, 0.4) is 0 Å². The lowest BCUT2D eigenvalue weighted by molar-refractivity contribution is -0.142. The molecule has 2 rings (SSSR count). The quantitative estimate of drug-likeness (QED) is 0.809. The van der Waals surface area contributed by atoms with Gasteiger partial charge in [0, 0.05) is 18.8 Å². The van der Waals surface area contributed by atoms with Crippen LogP contribution in [0.1, 0.15) is 12.0 Å². The Morgan fingerprint density at radius 3 is 2.59 bits per heavy atom. The lowest BCUT2D eigenvalue weighted by atomic mass is 10.1. The van der Waals surface area contributed by atoms with E-state index in [1.165, 1.54) is 29.2 Å². The molecule has 0 saturated carbocycles. The standard InChI is InChI=1S/C14H15F3N2O3/c15-14(16,17)7-9-3-1-2-4-11(9)18-12(21)13(22)19-6-5-10(20)8-19/h1-4,10,20H,5-8H2,(H,18,21)/t10-/m1/s1. The highest BCUT2D eigenvalue weighted by atomic mass is 19.4. The van der Waals surface area contributed by atoms with Crippen LogP contribution in [0, 0.1) is 0 Å². The first kappa shape index (κ1) is 16.3. The fourth-order valence-electron chi connectivity index (χ4n) is 2.26. The van der Waals surface area contributed by atoms with E-state index in [2.05, 4.69) is 5.32 Å². The van der Waals surface area contributed by atoms with Crippen LogP contribution in [0.5, 0.6) is 0 Å². The zero-order chi connectivity index (χ0) is 16.3. The van der Waals surface area contributed by atoms with E-state index in [0.717, 1.165) is 0 Å². The fraction of sp³-hybridized carbons (Fsp3) is 0.429. The van der Waals surface area contributed by atoms with Crippen molar-refractivity contribution in [2.24, 2.45) is 0 Å². The first-order chi connectivity index (χ1) is 10.3. The Hall–Kier alpha value is -2.09. The van der Waals surface area contributed by atoms with Gasteiger partial charge >= 0.3 is 18.0 Å². The Bertz CT molecular complexity index is 575. The van der Waals surface area contributed by atoms with E-state index in [1.807, 2.05) is 0 Å². The van der Waals surface area contributed by atoms with Gasteiger partial charge in [-0.3, -0.25) is 9.59 Å². The molecular weight excluding hydrogens is 301 g/mol. The van der Waals surface area contributed by atoms with Gasteiger partial charge in [-0.25, -0.2) is 0 Å². The van der Waals surface area contributed by atoms with E-state index in [-0.39, 0.29) is 24.3 Å². The van der Waals surface area contributed by atoms with Crippen molar-refractivity contribution in [2.45, 2.75) is 25.1 Å². The van der Waals surface area contributed by atoms with E-state index in [1.54, 1.807) is 0 Å². The predicted octanol–water partition coefficient (Wildman–Crippen LogP) is 1.32. The third-order valence-corrected chi connectivity index (χ3v) is 3.30. The molecule has 1 aliphatic rings. The summed E-state index contributed by atoms with van der Waals surface area (Å²) in [7, 11) is 0. The van der Waals surface area contributed by atoms with Gasteiger partial charge in [-0.1, -0.05) is 18.2 Å². The third-order valence-electron chi connectivity index (χ3n) is 3.30. The van der Waals surface area contributed by atoms with Crippen molar-refractivity contribution in [3.8, 4) is 0 Å². The molecule has 0 radical (unpaired) electrons. The van der Waals surface area contributed by atoms with Crippen molar-refractivity contribution < 1.29 is 27.9 Å². The summed E-state index contributed by atoms with van der Waals surface area (Å²) in [5, 5.41) is 11.6. The van der Waals surface area contributed by atoms with Crippen LogP contribution >= 0.6 is 0 Å². The second-order valence-corrected chi connectivity index (χ2v) is 5.10. The van der Waals surface area contributed by atoms with E-state index in [4.69, 9.17) is 0 Å². The van der Waals surface area contributed by atoms with Crippen LogP contribution in [-0.4, -0.2) is 47.2 Å². The Labute approximate surface area is 124 Å². The van der Waals surface area contributed by atoms with Gasteiger partial charge in [-0.15, -0.1) is 0 Å². The highest BCUT2D eigenvalue weighted by Gasteiger charge is 2.31. The van der Waals surface area contributed by atoms with E-state index in [0.29, 0.717) is 6.42 Å². The fourth-order valence-corrected chi connectivity index (χ4v) is 2.26. The van der Waals surface area contributed by atoms with Gasteiger partial charge in [0.25, 0.3) is 0 Å². The molecule has 1 atom stereocenters. The summed E-state index contributed by atoms with van der Waals surface area (Å²) < 4.78 is 37.5. The summed E-state index contributed by atoms with van der Waals surface area (Å²) in [6.45, 7) is 0.300. The molecule has 0 aliphatic carbocycles. The number of likely N-dealkylation sites (tertiary alicyclic amines) is 1. The van der Waals surface area contributed by atoms with Gasteiger partial charge < -0.3 is 15.3 Å². The third kappa shape index (κ3) is 4.20. The van der Waals surface area contributed by atoms with Crippen molar-refractivity contribution in [1.82, 2.24) is 4.90 Å². The molecule has 1 aromatic rings. The topological polar surface area (TPSA) is 69.6 Å². The second-order valence-electron chi connectivity index (χ2n) is 5.10. The van der Waals surface area contributed by atoms with Gasteiger partial charge in [-0.05, 0) is 18.1 Å². The zero-order valence-corrected chi connectivity index (χ0v) is 11.6. The maximum atomic E-state index is 12.5. The number of nitrogens with one attached hydrogen (secondary N) is 1. The second kappa shape index (κ2) is 6.35. The molecule has 0 bridgehead atoms. The average molecular weight is 316 g/mol. The number of aliphatic hydroxyl groups is 1. The Balaban J connectivity index is 2.07. The van der Waals surface area contributed by atoms with Crippen molar-refractivity contribution in [3.05, 3.63) is 29.8 Å². The number of halogens is 3. The van der Waals surface area contributed by atoms with E-state index < -0.39 is 30.5 Å². The minimum atomic E-state index is -4.41. The molecule has 120 valence electrons. The van der Waals surface area contributed by atoms with Crippen LogP contribution in [0.25, 0.3) is 0 Å². The molecule has 2 amide bonds. The van der Waals surface area contributed by atoms with Crippen LogP contribution < -0.4 is 5.32 Å². The summed E-state index contributed by atoms with van der Waals surface area (Å²) in [6, 6.07) is 5.45. The molecule has 22 heavy (non-hydrogen) atoms. The van der Waals surface area contributed by atoms with Crippen LogP contribution in [0.4, 0.5) is 18.9 Å². The Morgan fingerprint density at radius 1 is 1.32 bits per heavy atom. The summed E-state index contributed by atoms with van der Waals surface area (Å²) in [5.74, 6) is -1.87. The summed E-state index contributed by atoms with van der Waals surface area (Å²) in [6.07, 6.45) is -5.90. The molecule has 1 aliphatic heterocycles. The van der Waals surface area contributed by atoms with Crippen molar-refractivity contribution in [2.75, 3.05) is 18.4 Å². The SMILES string of the molecule is O=C(Nc1ccccc1CC(F)(F)F)C(=O)N1CC[C@@H](O)C1. The number of amides is 2. The van der Waals surface area contributed by atoms with Gasteiger partial charge in [0.2, 0.25) is 0 Å².